The quantitative estimate of drug-likeness (QED) is 0.797. The monoisotopic (exact) mass is 299 g/mol. The van der Waals surface area contributed by atoms with Crippen molar-refractivity contribution in [3.8, 4) is 5.75 Å². The highest BCUT2D eigenvalue weighted by molar-refractivity contribution is 6.17. The number of methoxy groups -OCH3 is 1. The average Bonchev–Trinajstić information content (AvgIpc) is 2.47. The van der Waals surface area contributed by atoms with E-state index >= 15 is 0 Å². The minimum atomic E-state index is -0.510. The van der Waals surface area contributed by atoms with Crippen molar-refractivity contribution in [1.29, 1.82) is 0 Å². The number of rotatable bonds is 4. The Kier molecular flexibility index (Phi) is 5.24. The molecular weight excluding hydrogens is 281 g/mol. The topological polar surface area (TPSA) is 29.5 Å². The molecule has 1 atom stereocenters. The molecular formula is C15H19ClFNO2. The van der Waals surface area contributed by atoms with Gasteiger partial charge >= 0.3 is 0 Å². The van der Waals surface area contributed by atoms with Crippen LogP contribution in [0.5, 0.6) is 5.75 Å². The van der Waals surface area contributed by atoms with Crippen LogP contribution in [0.3, 0.4) is 0 Å². The molecule has 1 aromatic rings. The molecule has 0 radical (unpaired) electrons. The number of ether oxygens (including phenoxy) is 1. The predicted octanol–water partition coefficient (Wildman–Crippen LogP) is 3.46. The van der Waals surface area contributed by atoms with Gasteiger partial charge in [-0.25, -0.2) is 4.39 Å². The van der Waals surface area contributed by atoms with Crippen LogP contribution in [0.15, 0.2) is 18.2 Å². The molecule has 1 fully saturated rings. The Morgan fingerprint density at radius 1 is 1.50 bits per heavy atom. The van der Waals surface area contributed by atoms with Crippen LogP contribution in [-0.2, 0) is 0 Å². The standard InChI is InChI=1S/C15H19ClFNO2/c1-20-14-6-5-11(10-13(14)17)15(19)18-9-3-2-4-12(18)7-8-16/h5-6,10,12H,2-4,7-9H2,1H3. The minimum Gasteiger partial charge on any atom is -0.494 e. The van der Waals surface area contributed by atoms with Gasteiger partial charge in [0.1, 0.15) is 0 Å². The summed E-state index contributed by atoms with van der Waals surface area (Å²) in [5, 5.41) is 0. The van der Waals surface area contributed by atoms with Gasteiger partial charge in [0.15, 0.2) is 11.6 Å². The average molecular weight is 300 g/mol. The number of likely N-dealkylation sites (tertiary alicyclic amines) is 1. The lowest BCUT2D eigenvalue weighted by Crippen LogP contribution is -2.44. The van der Waals surface area contributed by atoms with Crippen molar-refractivity contribution in [2.45, 2.75) is 31.7 Å². The number of hydrogen-bond acceptors (Lipinski definition) is 2. The summed E-state index contributed by atoms with van der Waals surface area (Å²) in [6, 6.07) is 4.51. The van der Waals surface area contributed by atoms with Gasteiger partial charge in [0.25, 0.3) is 5.91 Å². The first-order valence-electron chi connectivity index (χ1n) is 6.88. The molecule has 0 spiro atoms. The van der Waals surface area contributed by atoms with E-state index in [1.165, 1.54) is 19.2 Å². The zero-order valence-corrected chi connectivity index (χ0v) is 12.3. The fourth-order valence-corrected chi connectivity index (χ4v) is 2.91. The fourth-order valence-electron chi connectivity index (χ4n) is 2.66. The van der Waals surface area contributed by atoms with E-state index in [1.807, 2.05) is 4.90 Å². The van der Waals surface area contributed by atoms with Gasteiger partial charge in [-0.05, 0) is 43.9 Å². The van der Waals surface area contributed by atoms with Gasteiger partial charge in [0.05, 0.1) is 7.11 Å². The summed E-state index contributed by atoms with van der Waals surface area (Å²) in [4.78, 5) is 14.3. The SMILES string of the molecule is COc1ccc(C(=O)N2CCCCC2CCCl)cc1F. The molecule has 1 aliphatic heterocycles. The van der Waals surface area contributed by atoms with Crippen molar-refractivity contribution in [1.82, 2.24) is 4.90 Å². The zero-order chi connectivity index (χ0) is 14.5. The largest absolute Gasteiger partial charge is 0.494 e. The van der Waals surface area contributed by atoms with Crippen LogP contribution in [0.1, 0.15) is 36.0 Å². The number of carbonyl (C=O) groups is 1. The van der Waals surface area contributed by atoms with Crippen molar-refractivity contribution in [2.75, 3.05) is 19.5 Å². The Morgan fingerprint density at radius 3 is 2.95 bits per heavy atom. The summed E-state index contributed by atoms with van der Waals surface area (Å²) < 4.78 is 18.6. The third-order valence-corrected chi connectivity index (χ3v) is 3.95. The number of halogens is 2. The van der Waals surface area contributed by atoms with Crippen molar-refractivity contribution in [3.05, 3.63) is 29.6 Å². The van der Waals surface area contributed by atoms with Crippen molar-refractivity contribution >= 4 is 17.5 Å². The molecule has 2 rings (SSSR count). The minimum absolute atomic E-state index is 0.124. The van der Waals surface area contributed by atoms with Crippen LogP contribution >= 0.6 is 11.6 Å². The molecule has 0 saturated carbocycles. The lowest BCUT2D eigenvalue weighted by Gasteiger charge is -2.35. The van der Waals surface area contributed by atoms with Gasteiger partial charge in [-0.3, -0.25) is 4.79 Å². The van der Waals surface area contributed by atoms with Crippen LogP contribution in [0.2, 0.25) is 0 Å². The maximum absolute atomic E-state index is 13.7. The molecule has 0 N–H and O–H groups in total. The Labute approximate surface area is 123 Å². The second-order valence-corrected chi connectivity index (χ2v) is 5.35. The maximum atomic E-state index is 13.7. The smallest absolute Gasteiger partial charge is 0.254 e. The molecule has 20 heavy (non-hydrogen) atoms. The molecule has 1 aliphatic rings. The number of piperidine rings is 1. The number of amides is 1. The first kappa shape index (κ1) is 15.1. The van der Waals surface area contributed by atoms with Crippen molar-refractivity contribution < 1.29 is 13.9 Å². The number of alkyl halides is 1. The van der Waals surface area contributed by atoms with E-state index in [2.05, 4.69) is 0 Å². The van der Waals surface area contributed by atoms with Crippen molar-refractivity contribution in [2.24, 2.45) is 0 Å². The molecule has 3 nitrogen and oxygen atoms in total. The van der Waals surface area contributed by atoms with Gasteiger partial charge in [-0.1, -0.05) is 0 Å². The Balaban J connectivity index is 2.18. The number of hydrogen-bond donors (Lipinski definition) is 0. The van der Waals surface area contributed by atoms with Gasteiger partial charge in [-0.15, -0.1) is 11.6 Å². The van der Waals surface area contributed by atoms with Gasteiger partial charge in [0, 0.05) is 24.0 Å². The van der Waals surface area contributed by atoms with Gasteiger partial charge in [0.2, 0.25) is 0 Å². The summed E-state index contributed by atoms with van der Waals surface area (Å²) in [6.07, 6.45) is 3.86. The molecule has 5 heteroatoms. The Bertz CT molecular complexity index is 479. The first-order valence-corrected chi connectivity index (χ1v) is 7.41. The van der Waals surface area contributed by atoms with Crippen LogP contribution in [0.25, 0.3) is 0 Å². The summed E-state index contributed by atoms with van der Waals surface area (Å²) in [6.45, 7) is 0.716. The molecule has 0 bridgehead atoms. The van der Waals surface area contributed by atoms with Crippen LogP contribution in [0.4, 0.5) is 4.39 Å². The van der Waals surface area contributed by atoms with E-state index in [4.69, 9.17) is 16.3 Å². The normalized spacial score (nSPS) is 18.9. The summed E-state index contributed by atoms with van der Waals surface area (Å²) in [5.74, 6) is 0.0499. The molecule has 1 aromatic carbocycles. The van der Waals surface area contributed by atoms with E-state index in [0.717, 1.165) is 25.7 Å². The summed E-state index contributed by atoms with van der Waals surface area (Å²) in [7, 11) is 1.40. The molecule has 0 aromatic heterocycles. The van der Waals surface area contributed by atoms with E-state index in [9.17, 15) is 9.18 Å². The first-order chi connectivity index (χ1) is 9.67. The lowest BCUT2D eigenvalue weighted by molar-refractivity contribution is 0.0608. The molecule has 1 saturated heterocycles. The predicted molar refractivity (Wildman–Crippen MR) is 77.0 cm³/mol. The zero-order valence-electron chi connectivity index (χ0n) is 11.6. The number of carbonyl (C=O) groups excluding carboxylic acids is 1. The fraction of sp³-hybridized carbons (Fsp3) is 0.533. The Morgan fingerprint density at radius 2 is 2.30 bits per heavy atom. The maximum Gasteiger partial charge on any atom is 0.254 e. The molecule has 1 heterocycles. The van der Waals surface area contributed by atoms with E-state index in [1.54, 1.807) is 6.07 Å². The highest BCUT2D eigenvalue weighted by Crippen LogP contribution is 2.24. The summed E-state index contributed by atoms with van der Waals surface area (Å²) >= 11 is 5.80. The van der Waals surface area contributed by atoms with Gasteiger partial charge < -0.3 is 9.64 Å². The molecule has 1 unspecified atom stereocenters. The highest BCUT2D eigenvalue weighted by atomic mass is 35.5. The molecule has 0 aliphatic carbocycles. The third kappa shape index (κ3) is 3.23. The molecule has 110 valence electrons. The highest BCUT2D eigenvalue weighted by Gasteiger charge is 2.27. The van der Waals surface area contributed by atoms with E-state index in [-0.39, 0.29) is 17.7 Å². The van der Waals surface area contributed by atoms with Crippen molar-refractivity contribution in [3.63, 3.8) is 0 Å². The van der Waals surface area contributed by atoms with Crippen LogP contribution in [0, 0.1) is 5.82 Å². The number of benzene rings is 1. The lowest BCUT2D eigenvalue weighted by atomic mass is 9.98. The third-order valence-electron chi connectivity index (χ3n) is 3.73. The Hall–Kier alpha value is -1.29. The van der Waals surface area contributed by atoms with E-state index < -0.39 is 5.82 Å². The molecule has 1 amide bonds. The van der Waals surface area contributed by atoms with E-state index in [0.29, 0.717) is 18.0 Å². The van der Waals surface area contributed by atoms with Gasteiger partial charge in [-0.2, -0.15) is 0 Å². The summed E-state index contributed by atoms with van der Waals surface area (Å²) in [5.41, 5.74) is 0.366. The van der Waals surface area contributed by atoms with Crippen LogP contribution < -0.4 is 4.74 Å². The second kappa shape index (κ2) is 6.93. The second-order valence-electron chi connectivity index (χ2n) is 4.98. The van der Waals surface area contributed by atoms with Crippen LogP contribution in [-0.4, -0.2) is 36.4 Å². The number of nitrogens with zero attached hydrogens (tertiary/aromatic N) is 1.